The molecule has 1 rings (SSSR count). The maximum absolute atomic E-state index is 4.06. The molecule has 1 aliphatic heterocycles. The van der Waals surface area contributed by atoms with Crippen LogP contribution in [0.25, 0.3) is 0 Å². The van der Waals surface area contributed by atoms with Crippen LogP contribution < -0.4 is 0 Å². The fourth-order valence-electron chi connectivity index (χ4n) is 1.39. The quantitative estimate of drug-likeness (QED) is 0.598. The Morgan fingerprint density at radius 2 is 1.77 bits per heavy atom. The van der Waals surface area contributed by atoms with E-state index in [0.717, 1.165) is 19.4 Å². The van der Waals surface area contributed by atoms with Gasteiger partial charge in [-0.3, -0.25) is 0 Å². The van der Waals surface area contributed by atoms with E-state index in [0.29, 0.717) is 5.92 Å². The third-order valence-electron chi connectivity index (χ3n) is 2.64. The number of hydrogen-bond acceptors (Lipinski definition) is 1. The van der Waals surface area contributed by atoms with Gasteiger partial charge in [-0.25, -0.2) is 0 Å². The van der Waals surface area contributed by atoms with Gasteiger partial charge in [0, 0.05) is 17.9 Å². The molecule has 1 aliphatic rings. The smallest absolute Gasteiger partial charge is 0.0434 e. The normalized spacial score (nSPS) is 17.3. The van der Waals surface area contributed by atoms with Crippen LogP contribution in [-0.4, -0.2) is 11.4 Å². The van der Waals surface area contributed by atoms with Gasteiger partial charge < -0.3 is 4.90 Å². The average Bonchev–Trinajstić information content (AvgIpc) is 2.35. The van der Waals surface area contributed by atoms with E-state index < -0.39 is 0 Å². The van der Waals surface area contributed by atoms with Crippen LogP contribution in [-0.2, 0) is 0 Å². The molecule has 0 bridgehead atoms. The summed E-state index contributed by atoms with van der Waals surface area (Å²) in [7, 11) is 0. The number of hydrogen-bond donors (Lipinski definition) is 0. The van der Waals surface area contributed by atoms with Crippen molar-refractivity contribution in [3.05, 3.63) is 36.7 Å². The third-order valence-corrected chi connectivity index (χ3v) is 2.64. The minimum absolute atomic E-state index is 0.543. The molecule has 1 heteroatoms. The van der Waals surface area contributed by atoms with Crippen molar-refractivity contribution in [1.29, 1.82) is 0 Å². The molecule has 0 aliphatic carbocycles. The van der Waals surface area contributed by atoms with Crippen LogP contribution >= 0.6 is 0 Å². The lowest BCUT2D eigenvalue weighted by Crippen LogP contribution is -2.19. The Morgan fingerprint density at radius 1 is 1.31 bits per heavy atom. The maximum atomic E-state index is 4.06. The molecule has 1 fully saturated rings. The summed E-state index contributed by atoms with van der Waals surface area (Å²) in [6.07, 6.45) is 2.12. The van der Waals surface area contributed by atoms with Crippen molar-refractivity contribution in [1.82, 2.24) is 4.90 Å². The standard InChI is InChI=1S/C12H19N/c1-9(2)10(3)8-13-11(4)6-7-12(13)5/h9H,3-8H2,1-2H3. The van der Waals surface area contributed by atoms with Crippen molar-refractivity contribution in [3.8, 4) is 0 Å². The van der Waals surface area contributed by atoms with E-state index in [9.17, 15) is 0 Å². The molecule has 72 valence electrons. The van der Waals surface area contributed by atoms with Gasteiger partial charge in [0.25, 0.3) is 0 Å². The summed E-state index contributed by atoms with van der Waals surface area (Å²) in [5, 5.41) is 0. The molecule has 13 heavy (non-hydrogen) atoms. The Labute approximate surface area is 81.4 Å². The lowest BCUT2D eigenvalue weighted by Gasteiger charge is -2.23. The molecule has 0 N–H and O–H groups in total. The second-order valence-electron chi connectivity index (χ2n) is 4.03. The van der Waals surface area contributed by atoms with Crippen molar-refractivity contribution in [2.45, 2.75) is 26.7 Å². The summed E-state index contributed by atoms with van der Waals surface area (Å²) >= 11 is 0. The summed E-state index contributed by atoms with van der Waals surface area (Å²) in [6.45, 7) is 17.3. The first-order valence-electron chi connectivity index (χ1n) is 4.83. The van der Waals surface area contributed by atoms with Gasteiger partial charge >= 0.3 is 0 Å². The highest BCUT2D eigenvalue weighted by atomic mass is 15.2. The van der Waals surface area contributed by atoms with E-state index in [-0.39, 0.29) is 0 Å². The summed E-state index contributed by atoms with van der Waals surface area (Å²) in [4.78, 5) is 2.20. The Kier molecular flexibility index (Phi) is 2.97. The largest absolute Gasteiger partial charge is 0.346 e. The predicted molar refractivity (Wildman–Crippen MR) is 58.2 cm³/mol. The zero-order valence-electron chi connectivity index (χ0n) is 8.77. The van der Waals surface area contributed by atoms with Crippen molar-refractivity contribution in [3.63, 3.8) is 0 Å². The zero-order valence-corrected chi connectivity index (χ0v) is 8.77. The molecule has 0 atom stereocenters. The first-order valence-corrected chi connectivity index (χ1v) is 4.83. The molecule has 0 saturated carbocycles. The molecular weight excluding hydrogens is 158 g/mol. The Morgan fingerprint density at radius 3 is 2.15 bits per heavy atom. The van der Waals surface area contributed by atoms with E-state index in [1.54, 1.807) is 0 Å². The highest BCUT2D eigenvalue weighted by Crippen LogP contribution is 2.29. The van der Waals surface area contributed by atoms with Crippen LogP contribution in [0.1, 0.15) is 26.7 Å². The van der Waals surface area contributed by atoms with Crippen LogP contribution in [0.3, 0.4) is 0 Å². The molecule has 0 amide bonds. The molecule has 0 aromatic heterocycles. The molecule has 0 aromatic rings. The van der Waals surface area contributed by atoms with Gasteiger partial charge in [0.2, 0.25) is 0 Å². The SMILES string of the molecule is C=C(CN1C(=C)CCC1=C)C(C)C. The molecule has 1 nitrogen and oxygen atoms in total. The molecular formula is C12H19N. The molecule has 0 aromatic carbocycles. The summed E-state index contributed by atoms with van der Waals surface area (Å²) in [5.41, 5.74) is 3.63. The lowest BCUT2D eigenvalue weighted by molar-refractivity contribution is 0.477. The molecule has 1 saturated heterocycles. The van der Waals surface area contributed by atoms with E-state index >= 15 is 0 Å². The topological polar surface area (TPSA) is 3.24 Å². The zero-order chi connectivity index (χ0) is 10.0. The summed E-state index contributed by atoms with van der Waals surface area (Å²) in [6, 6.07) is 0. The van der Waals surface area contributed by atoms with Crippen molar-refractivity contribution in [2.75, 3.05) is 6.54 Å². The summed E-state index contributed by atoms with van der Waals surface area (Å²) in [5.74, 6) is 0.543. The van der Waals surface area contributed by atoms with Crippen LogP contribution in [0.15, 0.2) is 36.7 Å². The van der Waals surface area contributed by atoms with Crippen LogP contribution in [0.2, 0.25) is 0 Å². The molecule has 0 spiro atoms. The maximum Gasteiger partial charge on any atom is 0.0434 e. The van der Waals surface area contributed by atoms with Gasteiger partial charge in [0.15, 0.2) is 0 Å². The Bertz CT molecular complexity index is 232. The lowest BCUT2D eigenvalue weighted by atomic mass is 10.1. The number of likely N-dealkylation sites (tertiary alicyclic amines) is 1. The van der Waals surface area contributed by atoms with Crippen LogP contribution in [0, 0.1) is 5.92 Å². The molecule has 0 radical (unpaired) electrons. The van der Waals surface area contributed by atoms with Gasteiger partial charge in [-0.1, -0.05) is 39.2 Å². The van der Waals surface area contributed by atoms with Gasteiger partial charge in [0.1, 0.15) is 0 Å². The first-order chi connectivity index (χ1) is 6.02. The minimum Gasteiger partial charge on any atom is -0.346 e. The second kappa shape index (κ2) is 3.82. The fourth-order valence-corrected chi connectivity index (χ4v) is 1.39. The van der Waals surface area contributed by atoms with Crippen LogP contribution in [0.5, 0.6) is 0 Å². The van der Waals surface area contributed by atoms with Crippen molar-refractivity contribution in [2.24, 2.45) is 5.92 Å². The van der Waals surface area contributed by atoms with E-state index in [1.165, 1.54) is 17.0 Å². The summed E-state index contributed by atoms with van der Waals surface area (Å²) < 4.78 is 0. The highest BCUT2D eigenvalue weighted by molar-refractivity contribution is 5.19. The third kappa shape index (κ3) is 2.24. The van der Waals surface area contributed by atoms with E-state index in [2.05, 4.69) is 38.5 Å². The second-order valence-corrected chi connectivity index (χ2v) is 4.03. The van der Waals surface area contributed by atoms with Crippen LogP contribution in [0.4, 0.5) is 0 Å². The van der Waals surface area contributed by atoms with Gasteiger partial charge in [-0.15, -0.1) is 0 Å². The average molecular weight is 177 g/mol. The molecule has 1 heterocycles. The highest BCUT2D eigenvalue weighted by Gasteiger charge is 2.19. The number of allylic oxidation sites excluding steroid dienone is 2. The molecule has 0 unspecified atom stereocenters. The fraction of sp³-hybridized carbons (Fsp3) is 0.500. The van der Waals surface area contributed by atoms with Crippen molar-refractivity contribution < 1.29 is 0 Å². The monoisotopic (exact) mass is 177 g/mol. The predicted octanol–water partition coefficient (Wildman–Crippen LogP) is 3.32. The van der Waals surface area contributed by atoms with Gasteiger partial charge in [-0.2, -0.15) is 0 Å². The minimum atomic E-state index is 0.543. The van der Waals surface area contributed by atoms with Crippen molar-refractivity contribution >= 4 is 0 Å². The first kappa shape index (κ1) is 10.1. The number of nitrogens with zero attached hydrogens (tertiary/aromatic N) is 1. The van der Waals surface area contributed by atoms with Gasteiger partial charge in [0.05, 0.1) is 0 Å². The van der Waals surface area contributed by atoms with E-state index in [4.69, 9.17) is 0 Å². The van der Waals surface area contributed by atoms with E-state index in [1.807, 2.05) is 0 Å². The van der Waals surface area contributed by atoms with Gasteiger partial charge in [-0.05, 0) is 18.8 Å². The number of rotatable bonds is 3. The Balaban J connectivity index is 2.58. The Hall–Kier alpha value is -0.980.